The van der Waals surface area contributed by atoms with Crippen LogP contribution in [0, 0.1) is 28.6 Å². The molecule has 3 N–H and O–H groups in total. The number of aromatic nitrogens is 4. The highest BCUT2D eigenvalue weighted by molar-refractivity contribution is 5.97. The van der Waals surface area contributed by atoms with E-state index in [1.807, 2.05) is 13.8 Å². The lowest BCUT2D eigenvalue weighted by Crippen LogP contribution is -2.54. The zero-order valence-corrected chi connectivity index (χ0v) is 21.0. The number of rotatable bonds is 7. The summed E-state index contributed by atoms with van der Waals surface area (Å²) in [6, 6.07) is 1.92. The standard InChI is InChI=1S/C26H34N6O4/c1-24(2,30-23(35)36-3)5-8-32-22(31-7-4-6-27-31)19(14-28-32)21(34)29-20-16-9-18-13-25(15-33)10-17(20)12-26(18,25)11-16/h4-8,14,16-18,20,33H,9-13,15H2,1-3H3,(H,29,34)(H,30,35)/b8-5+. The van der Waals surface area contributed by atoms with E-state index in [4.69, 9.17) is 4.74 Å². The van der Waals surface area contributed by atoms with Gasteiger partial charge in [-0.1, -0.05) is 0 Å². The highest BCUT2D eigenvalue weighted by Crippen LogP contribution is 2.80. The first-order valence-corrected chi connectivity index (χ1v) is 12.8. The molecule has 4 saturated carbocycles. The second-order valence-electron chi connectivity index (χ2n) is 11.8. The predicted octanol–water partition coefficient (Wildman–Crippen LogP) is 2.59. The lowest BCUT2D eigenvalue weighted by atomic mass is 9.46. The first-order valence-electron chi connectivity index (χ1n) is 12.8. The number of amides is 2. The zero-order valence-electron chi connectivity index (χ0n) is 21.0. The van der Waals surface area contributed by atoms with Crippen LogP contribution in [0.1, 0.15) is 56.3 Å². The number of aliphatic hydroxyl groups excluding tert-OH is 1. The third kappa shape index (κ3) is 3.26. The molecule has 0 radical (unpaired) electrons. The second kappa shape index (κ2) is 7.93. The van der Waals surface area contributed by atoms with E-state index in [9.17, 15) is 14.7 Å². The molecule has 3 bridgehead atoms. The van der Waals surface area contributed by atoms with E-state index in [-0.39, 0.29) is 24.0 Å². The third-order valence-electron chi connectivity index (χ3n) is 9.56. The number of carbonyl (C=O) groups is 2. The van der Waals surface area contributed by atoms with Crippen molar-refractivity contribution < 1.29 is 19.4 Å². The molecule has 0 aliphatic heterocycles. The molecule has 10 nitrogen and oxygen atoms in total. The summed E-state index contributed by atoms with van der Waals surface area (Å²) >= 11 is 0. The molecule has 0 saturated heterocycles. The van der Waals surface area contributed by atoms with Crippen molar-refractivity contribution in [1.82, 2.24) is 30.2 Å². The summed E-state index contributed by atoms with van der Waals surface area (Å²) < 4.78 is 7.92. The normalized spacial score (nSPS) is 34.0. The predicted molar refractivity (Wildman–Crippen MR) is 131 cm³/mol. The minimum atomic E-state index is -0.702. The molecule has 2 aromatic rings. The summed E-state index contributed by atoms with van der Waals surface area (Å²) in [4.78, 5) is 25.3. The van der Waals surface area contributed by atoms with Gasteiger partial charge < -0.3 is 20.5 Å². The topological polar surface area (TPSA) is 123 Å². The number of carbonyl (C=O) groups excluding carboxylic acids is 2. The minimum Gasteiger partial charge on any atom is -0.453 e. The molecular formula is C26H34N6O4. The molecule has 0 aromatic carbocycles. The van der Waals surface area contributed by atoms with Crippen molar-refractivity contribution in [3.05, 3.63) is 36.3 Å². The summed E-state index contributed by atoms with van der Waals surface area (Å²) in [5.41, 5.74) is 0.139. The van der Waals surface area contributed by atoms with Gasteiger partial charge in [0.05, 0.1) is 18.8 Å². The molecule has 4 aliphatic rings. The molecule has 2 aromatic heterocycles. The SMILES string of the molecule is COC(=O)NC(C)(C)/C=C/n1ncc(C(=O)NC2C3CC4CC5(CO)CC2CC45C3)c1-n1cccn1. The Morgan fingerprint density at radius 1 is 1.25 bits per heavy atom. The van der Waals surface area contributed by atoms with Crippen molar-refractivity contribution in [2.75, 3.05) is 13.7 Å². The maximum atomic E-state index is 13.7. The average molecular weight is 495 g/mol. The Morgan fingerprint density at radius 2 is 2.06 bits per heavy atom. The Hall–Kier alpha value is -3.14. The molecule has 4 fully saturated rings. The summed E-state index contributed by atoms with van der Waals surface area (Å²) in [6.07, 6.45) is 13.5. The quantitative estimate of drug-likeness (QED) is 0.544. The summed E-state index contributed by atoms with van der Waals surface area (Å²) in [7, 11) is 1.32. The molecule has 6 rings (SSSR count). The fourth-order valence-corrected chi connectivity index (χ4v) is 8.10. The van der Waals surface area contributed by atoms with Crippen LogP contribution in [0.15, 0.2) is 30.7 Å². The van der Waals surface area contributed by atoms with Gasteiger partial charge in [0.2, 0.25) is 0 Å². The molecule has 2 amide bonds. The van der Waals surface area contributed by atoms with Gasteiger partial charge in [-0.25, -0.2) is 14.2 Å². The van der Waals surface area contributed by atoms with E-state index in [0.29, 0.717) is 34.6 Å². The van der Waals surface area contributed by atoms with Crippen LogP contribution < -0.4 is 10.6 Å². The van der Waals surface area contributed by atoms with E-state index >= 15 is 0 Å². The van der Waals surface area contributed by atoms with Crippen LogP contribution in [0.3, 0.4) is 0 Å². The Labute approximate surface area is 210 Å². The van der Waals surface area contributed by atoms with Crippen molar-refractivity contribution in [2.45, 2.75) is 57.5 Å². The number of hydrogen-bond acceptors (Lipinski definition) is 6. The van der Waals surface area contributed by atoms with Gasteiger partial charge in [0.15, 0.2) is 5.82 Å². The van der Waals surface area contributed by atoms with Crippen molar-refractivity contribution in [3.63, 3.8) is 0 Å². The maximum Gasteiger partial charge on any atom is 0.407 e. The third-order valence-corrected chi connectivity index (χ3v) is 9.56. The Morgan fingerprint density at radius 3 is 2.78 bits per heavy atom. The first kappa shape index (κ1) is 23.3. The summed E-state index contributed by atoms with van der Waals surface area (Å²) in [6.45, 7) is 3.94. The van der Waals surface area contributed by atoms with Crippen LogP contribution in [-0.2, 0) is 4.74 Å². The van der Waals surface area contributed by atoms with E-state index in [1.165, 1.54) is 7.11 Å². The molecular weight excluding hydrogens is 460 g/mol. The molecule has 10 heteroatoms. The van der Waals surface area contributed by atoms with Crippen LogP contribution in [-0.4, -0.2) is 62.0 Å². The molecule has 6 atom stereocenters. The van der Waals surface area contributed by atoms with Crippen molar-refractivity contribution in [1.29, 1.82) is 0 Å². The Kier molecular flexibility index (Phi) is 5.13. The second-order valence-corrected chi connectivity index (χ2v) is 11.8. The van der Waals surface area contributed by atoms with E-state index in [2.05, 4.69) is 20.8 Å². The van der Waals surface area contributed by atoms with Gasteiger partial charge in [0, 0.05) is 36.7 Å². The zero-order chi connectivity index (χ0) is 25.3. The van der Waals surface area contributed by atoms with Gasteiger partial charge in [-0.3, -0.25) is 4.79 Å². The monoisotopic (exact) mass is 494 g/mol. The Bertz CT molecular complexity index is 1210. The van der Waals surface area contributed by atoms with Gasteiger partial charge >= 0.3 is 6.09 Å². The lowest BCUT2D eigenvalue weighted by Gasteiger charge is -2.58. The first-order chi connectivity index (χ1) is 17.2. The largest absolute Gasteiger partial charge is 0.453 e. The maximum absolute atomic E-state index is 13.7. The number of fused-ring (bicyclic) bond motifs is 2. The van der Waals surface area contributed by atoms with E-state index < -0.39 is 11.6 Å². The number of nitrogens with zero attached hydrogens (tertiary/aromatic N) is 4. The lowest BCUT2D eigenvalue weighted by molar-refractivity contribution is -0.129. The minimum absolute atomic E-state index is 0.0809. The van der Waals surface area contributed by atoms with Crippen LogP contribution in [0.4, 0.5) is 4.79 Å². The Balaban J connectivity index is 1.26. The van der Waals surface area contributed by atoms with Crippen LogP contribution in [0.25, 0.3) is 12.0 Å². The van der Waals surface area contributed by atoms with Crippen molar-refractivity contribution in [2.24, 2.45) is 28.6 Å². The van der Waals surface area contributed by atoms with Gasteiger partial charge in [-0.2, -0.15) is 10.2 Å². The number of ether oxygens (including phenoxy) is 1. The number of hydrogen-bond donors (Lipinski definition) is 3. The fraction of sp³-hybridized carbons (Fsp3) is 0.615. The highest BCUT2D eigenvalue weighted by Gasteiger charge is 2.76. The molecule has 1 spiro atoms. The number of alkyl carbamates (subject to hydrolysis) is 1. The van der Waals surface area contributed by atoms with Crippen LogP contribution >= 0.6 is 0 Å². The number of aliphatic hydroxyl groups is 1. The molecule has 4 aliphatic carbocycles. The van der Waals surface area contributed by atoms with E-state index in [1.54, 1.807) is 46.3 Å². The van der Waals surface area contributed by atoms with Crippen LogP contribution in [0.2, 0.25) is 0 Å². The number of nitrogens with one attached hydrogen (secondary N) is 2. The van der Waals surface area contributed by atoms with E-state index in [0.717, 1.165) is 32.1 Å². The van der Waals surface area contributed by atoms with Gasteiger partial charge in [-0.15, -0.1) is 0 Å². The molecule has 6 unspecified atom stereocenters. The summed E-state index contributed by atoms with van der Waals surface area (Å²) in [5, 5.41) is 25.2. The summed E-state index contributed by atoms with van der Waals surface area (Å²) in [5.74, 6) is 1.97. The molecule has 192 valence electrons. The van der Waals surface area contributed by atoms with Crippen LogP contribution in [0.5, 0.6) is 0 Å². The van der Waals surface area contributed by atoms with Crippen molar-refractivity contribution >= 4 is 18.2 Å². The smallest absolute Gasteiger partial charge is 0.407 e. The molecule has 36 heavy (non-hydrogen) atoms. The number of methoxy groups -OCH3 is 1. The average Bonchev–Trinajstić information content (AvgIpc) is 3.59. The van der Waals surface area contributed by atoms with Crippen molar-refractivity contribution in [3.8, 4) is 5.82 Å². The molecule has 2 heterocycles. The van der Waals surface area contributed by atoms with Gasteiger partial charge in [-0.05, 0) is 81.3 Å². The van der Waals surface area contributed by atoms with Gasteiger partial charge in [0.25, 0.3) is 5.91 Å². The van der Waals surface area contributed by atoms with Gasteiger partial charge in [0.1, 0.15) is 5.56 Å². The fourth-order valence-electron chi connectivity index (χ4n) is 8.10. The highest BCUT2D eigenvalue weighted by atomic mass is 16.5.